The van der Waals surface area contributed by atoms with Crippen LogP contribution in [0.5, 0.6) is 0 Å². The van der Waals surface area contributed by atoms with E-state index < -0.39 is 0 Å². The van der Waals surface area contributed by atoms with Crippen molar-refractivity contribution in [1.82, 2.24) is 0 Å². The number of nitrogens with one attached hydrogen (secondary N) is 2. The fourth-order valence-corrected chi connectivity index (χ4v) is 2.05. The number of hydrogen-bond donors (Lipinski definition) is 4. The van der Waals surface area contributed by atoms with Crippen LogP contribution in [0.1, 0.15) is 21.5 Å². The second kappa shape index (κ2) is 6.88. The molecule has 0 aliphatic carbocycles. The second-order valence-corrected chi connectivity index (χ2v) is 4.80. The van der Waals surface area contributed by atoms with E-state index in [1.807, 2.05) is 31.2 Å². The number of anilines is 2. The molecule has 5 heteroatoms. The predicted octanol–water partition coefficient (Wildman–Crippen LogP) is 2.07. The van der Waals surface area contributed by atoms with Gasteiger partial charge in [-0.15, -0.1) is 0 Å². The summed E-state index contributed by atoms with van der Waals surface area (Å²) in [6.45, 7) is 2.00. The van der Waals surface area contributed by atoms with E-state index in [-0.39, 0.29) is 12.5 Å². The molecule has 0 radical (unpaired) electrons. The third-order valence-electron chi connectivity index (χ3n) is 3.26. The summed E-state index contributed by atoms with van der Waals surface area (Å²) in [6, 6.07) is 12.7. The highest BCUT2D eigenvalue weighted by Crippen LogP contribution is 2.17. The highest BCUT2D eigenvalue weighted by atomic mass is 16.2. The minimum atomic E-state index is -0.170. The van der Waals surface area contributed by atoms with Gasteiger partial charge in [0.15, 0.2) is 0 Å². The van der Waals surface area contributed by atoms with Gasteiger partial charge in [-0.2, -0.15) is 0 Å². The largest absolute Gasteiger partial charge is 0.396 e. The Morgan fingerprint density at radius 2 is 1.90 bits per heavy atom. The molecule has 110 valence electrons. The van der Waals surface area contributed by atoms with Crippen LogP contribution in [0.15, 0.2) is 42.5 Å². The summed E-state index contributed by atoms with van der Waals surface area (Å²) in [4.78, 5) is 12.2. The van der Waals surface area contributed by atoms with Crippen LogP contribution in [0.4, 0.5) is 11.4 Å². The van der Waals surface area contributed by atoms with Gasteiger partial charge in [0.25, 0.3) is 5.91 Å². The number of amides is 1. The topological polar surface area (TPSA) is 87.4 Å². The van der Waals surface area contributed by atoms with Crippen molar-refractivity contribution in [3.63, 3.8) is 0 Å². The molecule has 0 bridgehead atoms. The van der Waals surface area contributed by atoms with Crippen LogP contribution in [-0.2, 0) is 6.42 Å². The molecule has 0 heterocycles. The highest BCUT2D eigenvalue weighted by Gasteiger charge is 2.08. The van der Waals surface area contributed by atoms with Gasteiger partial charge in [0.2, 0.25) is 0 Å². The summed E-state index contributed by atoms with van der Waals surface area (Å²) in [5, 5.41) is 11.7. The van der Waals surface area contributed by atoms with E-state index in [1.54, 1.807) is 18.2 Å². The van der Waals surface area contributed by atoms with E-state index in [0.29, 0.717) is 12.0 Å². The van der Waals surface area contributed by atoms with E-state index in [0.717, 1.165) is 22.5 Å². The van der Waals surface area contributed by atoms with Crippen LogP contribution in [0, 0.1) is 6.92 Å². The maximum absolute atomic E-state index is 12.2. The molecule has 2 rings (SSSR count). The molecule has 0 saturated carbocycles. The summed E-state index contributed by atoms with van der Waals surface area (Å²) in [6.07, 6.45) is 0.612. The first-order valence-corrected chi connectivity index (χ1v) is 6.72. The average molecular weight is 285 g/mol. The number of aliphatic hydroxyl groups excluding tert-OH is 1. The molecule has 0 fully saturated rings. The molecule has 2 aromatic rings. The van der Waals surface area contributed by atoms with Crippen molar-refractivity contribution in [2.45, 2.75) is 13.3 Å². The summed E-state index contributed by atoms with van der Waals surface area (Å²) in [5.41, 5.74) is 6.60. The van der Waals surface area contributed by atoms with Crippen molar-refractivity contribution in [1.29, 1.82) is 0 Å². The SMILES string of the molecule is Cc1cc(C(=O)Nc2ccc(CCO)cc2)ccc1NN. The summed E-state index contributed by atoms with van der Waals surface area (Å²) < 4.78 is 0. The zero-order valence-electron chi connectivity index (χ0n) is 11.9. The van der Waals surface area contributed by atoms with Crippen LogP contribution in [0.25, 0.3) is 0 Å². The molecule has 0 unspecified atom stereocenters. The predicted molar refractivity (Wildman–Crippen MR) is 84.2 cm³/mol. The molecule has 21 heavy (non-hydrogen) atoms. The Morgan fingerprint density at radius 3 is 2.48 bits per heavy atom. The van der Waals surface area contributed by atoms with Gasteiger partial charge in [0, 0.05) is 17.9 Å². The molecule has 0 spiro atoms. The number of hydrazine groups is 1. The van der Waals surface area contributed by atoms with E-state index in [2.05, 4.69) is 10.7 Å². The maximum atomic E-state index is 12.2. The maximum Gasteiger partial charge on any atom is 0.255 e. The summed E-state index contributed by atoms with van der Waals surface area (Å²) in [5.74, 6) is 5.20. The molecule has 5 nitrogen and oxygen atoms in total. The monoisotopic (exact) mass is 285 g/mol. The molecule has 0 saturated heterocycles. The third-order valence-corrected chi connectivity index (χ3v) is 3.26. The fraction of sp³-hybridized carbons (Fsp3) is 0.188. The average Bonchev–Trinajstić information content (AvgIpc) is 2.49. The van der Waals surface area contributed by atoms with Crippen LogP contribution in [-0.4, -0.2) is 17.6 Å². The quantitative estimate of drug-likeness (QED) is 0.500. The number of carbonyl (C=O) groups excluding carboxylic acids is 1. The van der Waals surface area contributed by atoms with Gasteiger partial charge in [0.1, 0.15) is 0 Å². The highest BCUT2D eigenvalue weighted by molar-refractivity contribution is 6.04. The van der Waals surface area contributed by atoms with Gasteiger partial charge < -0.3 is 15.8 Å². The van der Waals surface area contributed by atoms with Crippen molar-refractivity contribution < 1.29 is 9.90 Å². The number of aryl methyl sites for hydroxylation is 1. The molecular weight excluding hydrogens is 266 g/mol. The smallest absolute Gasteiger partial charge is 0.255 e. The molecule has 0 aromatic heterocycles. The molecule has 5 N–H and O–H groups in total. The lowest BCUT2D eigenvalue weighted by atomic mass is 10.1. The molecule has 0 aliphatic rings. The van der Waals surface area contributed by atoms with E-state index >= 15 is 0 Å². The Balaban J connectivity index is 2.08. The van der Waals surface area contributed by atoms with E-state index in [4.69, 9.17) is 10.9 Å². The fourth-order valence-electron chi connectivity index (χ4n) is 2.05. The van der Waals surface area contributed by atoms with Crippen molar-refractivity contribution in [3.05, 3.63) is 59.2 Å². The number of carbonyl (C=O) groups is 1. The normalized spacial score (nSPS) is 10.2. The van der Waals surface area contributed by atoms with Gasteiger partial charge in [-0.25, -0.2) is 0 Å². The number of nitrogen functional groups attached to an aromatic ring is 1. The van der Waals surface area contributed by atoms with Gasteiger partial charge in [-0.05, 0) is 54.8 Å². The minimum Gasteiger partial charge on any atom is -0.396 e. The standard InChI is InChI=1S/C16H19N3O2/c1-11-10-13(4-7-15(11)19-17)16(21)18-14-5-2-12(3-6-14)8-9-20/h2-7,10,19-20H,8-9,17H2,1H3,(H,18,21). The first kappa shape index (κ1) is 15.0. The number of benzene rings is 2. The van der Waals surface area contributed by atoms with Crippen molar-refractivity contribution in [2.75, 3.05) is 17.3 Å². The van der Waals surface area contributed by atoms with Crippen LogP contribution in [0.3, 0.4) is 0 Å². The summed E-state index contributed by atoms with van der Waals surface area (Å²) >= 11 is 0. The Bertz CT molecular complexity index is 624. The molecule has 2 aromatic carbocycles. The number of aliphatic hydroxyl groups is 1. The lowest BCUT2D eigenvalue weighted by molar-refractivity contribution is 0.102. The van der Waals surface area contributed by atoms with Crippen molar-refractivity contribution >= 4 is 17.3 Å². The zero-order chi connectivity index (χ0) is 15.2. The molecule has 1 amide bonds. The van der Waals surface area contributed by atoms with Crippen LogP contribution < -0.4 is 16.6 Å². The second-order valence-electron chi connectivity index (χ2n) is 4.80. The van der Waals surface area contributed by atoms with E-state index in [1.165, 1.54) is 0 Å². The first-order valence-electron chi connectivity index (χ1n) is 6.72. The molecule has 0 atom stereocenters. The molecular formula is C16H19N3O2. The third kappa shape index (κ3) is 3.81. The van der Waals surface area contributed by atoms with Crippen LogP contribution >= 0.6 is 0 Å². The first-order chi connectivity index (χ1) is 10.1. The number of hydrogen-bond acceptors (Lipinski definition) is 4. The minimum absolute atomic E-state index is 0.118. The Labute approximate surface area is 123 Å². The Kier molecular flexibility index (Phi) is 4.92. The van der Waals surface area contributed by atoms with Gasteiger partial charge in [0.05, 0.1) is 5.69 Å². The Hall–Kier alpha value is -2.37. The van der Waals surface area contributed by atoms with Crippen molar-refractivity contribution in [2.24, 2.45) is 5.84 Å². The summed E-state index contributed by atoms with van der Waals surface area (Å²) in [7, 11) is 0. The van der Waals surface area contributed by atoms with Gasteiger partial charge in [-0.3, -0.25) is 10.6 Å². The van der Waals surface area contributed by atoms with Gasteiger partial charge >= 0.3 is 0 Å². The Morgan fingerprint density at radius 1 is 1.19 bits per heavy atom. The van der Waals surface area contributed by atoms with Crippen LogP contribution in [0.2, 0.25) is 0 Å². The number of nitrogens with two attached hydrogens (primary N) is 1. The lowest BCUT2D eigenvalue weighted by Gasteiger charge is -2.09. The lowest BCUT2D eigenvalue weighted by Crippen LogP contribution is -2.13. The molecule has 0 aliphatic heterocycles. The zero-order valence-corrected chi connectivity index (χ0v) is 11.9. The van der Waals surface area contributed by atoms with Gasteiger partial charge in [-0.1, -0.05) is 12.1 Å². The van der Waals surface area contributed by atoms with E-state index in [9.17, 15) is 4.79 Å². The van der Waals surface area contributed by atoms with Crippen molar-refractivity contribution in [3.8, 4) is 0 Å². The number of rotatable bonds is 5.